The second-order valence-electron chi connectivity index (χ2n) is 4.22. The third-order valence-electron chi connectivity index (χ3n) is 3.13. The van der Waals surface area contributed by atoms with Crippen LogP contribution in [-0.2, 0) is 6.54 Å². The van der Waals surface area contributed by atoms with Crippen molar-refractivity contribution in [2.45, 2.75) is 31.8 Å². The zero-order chi connectivity index (χ0) is 11.4. The number of nitrogens with zero attached hydrogens (tertiary/aromatic N) is 2. The van der Waals surface area contributed by atoms with Crippen molar-refractivity contribution in [2.75, 3.05) is 18.1 Å². The molecule has 0 spiro atoms. The highest BCUT2D eigenvalue weighted by Crippen LogP contribution is 2.22. The molecule has 88 valence electrons. The second kappa shape index (κ2) is 5.27. The Labute approximate surface area is 96.1 Å². The quantitative estimate of drug-likeness (QED) is 0.795. The third-order valence-corrected chi connectivity index (χ3v) is 3.13. The number of anilines is 1. The van der Waals surface area contributed by atoms with Crippen LogP contribution in [0.4, 0.5) is 5.82 Å². The SMILES string of the molecule is NCc1cccc(N2CCCCC2CO)n1. The van der Waals surface area contributed by atoms with Crippen molar-refractivity contribution in [3.63, 3.8) is 0 Å². The van der Waals surface area contributed by atoms with E-state index < -0.39 is 0 Å². The average Bonchev–Trinajstić information content (AvgIpc) is 2.38. The summed E-state index contributed by atoms with van der Waals surface area (Å²) in [5.41, 5.74) is 6.49. The first-order chi connectivity index (χ1) is 7.85. The van der Waals surface area contributed by atoms with Gasteiger partial charge in [0.05, 0.1) is 18.3 Å². The first kappa shape index (κ1) is 11.4. The van der Waals surface area contributed by atoms with Gasteiger partial charge in [-0.25, -0.2) is 4.98 Å². The summed E-state index contributed by atoms with van der Waals surface area (Å²) in [7, 11) is 0. The Morgan fingerprint density at radius 1 is 1.44 bits per heavy atom. The molecule has 1 aromatic rings. The van der Waals surface area contributed by atoms with Crippen LogP contribution in [0, 0.1) is 0 Å². The maximum atomic E-state index is 9.36. The average molecular weight is 221 g/mol. The molecule has 1 atom stereocenters. The molecule has 0 aliphatic carbocycles. The van der Waals surface area contributed by atoms with Crippen LogP contribution in [-0.4, -0.2) is 29.3 Å². The van der Waals surface area contributed by atoms with Crippen LogP contribution in [0.2, 0.25) is 0 Å². The summed E-state index contributed by atoms with van der Waals surface area (Å²) in [6.45, 7) is 1.65. The fraction of sp³-hybridized carbons (Fsp3) is 0.583. The van der Waals surface area contributed by atoms with E-state index in [1.54, 1.807) is 0 Å². The predicted molar refractivity (Wildman–Crippen MR) is 64.2 cm³/mol. The Morgan fingerprint density at radius 2 is 2.31 bits per heavy atom. The lowest BCUT2D eigenvalue weighted by molar-refractivity contribution is 0.239. The summed E-state index contributed by atoms with van der Waals surface area (Å²) in [6, 6.07) is 6.12. The normalized spacial score (nSPS) is 21.1. The van der Waals surface area contributed by atoms with Crippen LogP contribution in [0.25, 0.3) is 0 Å². The Kier molecular flexibility index (Phi) is 3.74. The lowest BCUT2D eigenvalue weighted by atomic mass is 10.0. The zero-order valence-electron chi connectivity index (χ0n) is 9.47. The molecule has 16 heavy (non-hydrogen) atoms. The fourth-order valence-corrected chi connectivity index (χ4v) is 2.23. The van der Waals surface area contributed by atoms with E-state index in [2.05, 4.69) is 9.88 Å². The minimum Gasteiger partial charge on any atom is -0.394 e. The smallest absolute Gasteiger partial charge is 0.129 e. The summed E-state index contributed by atoms with van der Waals surface area (Å²) in [4.78, 5) is 6.70. The van der Waals surface area contributed by atoms with Crippen molar-refractivity contribution in [1.29, 1.82) is 0 Å². The van der Waals surface area contributed by atoms with E-state index in [0.29, 0.717) is 6.54 Å². The van der Waals surface area contributed by atoms with Gasteiger partial charge in [-0.1, -0.05) is 6.07 Å². The van der Waals surface area contributed by atoms with Crippen LogP contribution in [0.5, 0.6) is 0 Å². The van der Waals surface area contributed by atoms with Gasteiger partial charge in [-0.3, -0.25) is 0 Å². The maximum Gasteiger partial charge on any atom is 0.129 e. The van der Waals surface area contributed by atoms with Crippen LogP contribution in [0.15, 0.2) is 18.2 Å². The van der Waals surface area contributed by atoms with Crippen molar-refractivity contribution in [3.05, 3.63) is 23.9 Å². The summed E-state index contributed by atoms with van der Waals surface area (Å²) in [6.07, 6.45) is 3.41. The van der Waals surface area contributed by atoms with Gasteiger partial charge in [0, 0.05) is 13.1 Å². The predicted octanol–water partition coefficient (Wildman–Crippen LogP) is 0.891. The molecular formula is C12H19N3O. The van der Waals surface area contributed by atoms with Gasteiger partial charge in [0.15, 0.2) is 0 Å². The highest BCUT2D eigenvalue weighted by Gasteiger charge is 2.22. The van der Waals surface area contributed by atoms with E-state index in [1.165, 1.54) is 12.8 Å². The van der Waals surface area contributed by atoms with Crippen molar-refractivity contribution < 1.29 is 5.11 Å². The first-order valence-electron chi connectivity index (χ1n) is 5.88. The lowest BCUT2D eigenvalue weighted by Crippen LogP contribution is -2.42. The molecule has 3 N–H and O–H groups in total. The molecule has 1 aromatic heterocycles. The molecule has 1 aliphatic rings. The van der Waals surface area contributed by atoms with Gasteiger partial charge in [-0.2, -0.15) is 0 Å². The molecule has 0 saturated carbocycles. The molecule has 1 aliphatic heterocycles. The Hall–Kier alpha value is -1.13. The number of piperidine rings is 1. The summed E-state index contributed by atoms with van der Waals surface area (Å²) in [5.74, 6) is 0.946. The topological polar surface area (TPSA) is 62.4 Å². The number of hydrogen-bond donors (Lipinski definition) is 2. The van der Waals surface area contributed by atoms with Crippen molar-refractivity contribution in [3.8, 4) is 0 Å². The number of nitrogens with two attached hydrogens (primary N) is 1. The van der Waals surface area contributed by atoms with Gasteiger partial charge in [-0.05, 0) is 31.4 Å². The molecule has 2 heterocycles. The lowest BCUT2D eigenvalue weighted by Gasteiger charge is -2.35. The highest BCUT2D eigenvalue weighted by atomic mass is 16.3. The standard InChI is InChI=1S/C12H19N3O/c13-8-10-4-3-6-12(14-10)15-7-2-1-5-11(15)9-16/h3-4,6,11,16H,1-2,5,7-9,13H2. The molecule has 0 radical (unpaired) electrons. The van der Waals surface area contributed by atoms with E-state index in [9.17, 15) is 5.11 Å². The molecule has 1 saturated heterocycles. The van der Waals surface area contributed by atoms with Gasteiger partial charge >= 0.3 is 0 Å². The van der Waals surface area contributed by atoms with E-state index in [4.69, 9.17) is 5.73 Å². The van der Waals surface area contributed by atoms with Gasteiger partial charge in [0.1, 0.15) is 5.82 Å². The number of aliphatic hydroxyl groups excluding tert-OH is 1. The van der Waals surface area contributed by atoms with Crippen LogP contribution < -0.4 is 10.6 Å². The van der Waals surface area contributed by atoms with Crippen LogP contribution in [0.1, 0.15) is 25.0 Å². The molecule has 1 unspecified atom stereocenters. The van der Waals surface area contributed by atoms with Crippen molar-refractivity contribution in [1.82, 2.24) is 4.98 Å². The van der Waals surface area contributed by atoms with Gasteiger partial charge in [0.25, 0.3) is 0 Å². The summed E-state index contributed by atoms with van der Waals surface area (Å²) < 4.78 is 0. The highest BCUT2D eigenvalue weighted by molar-refractivity contribution is 5.41. The number of hydrogen-bond acceptors (Lipinski definition) is 4. The fourth-order valence-electron chi connectivity index (χ4n) is 2.23. The summed E-state index contributed by atoms with van der Waals surface area (Å²) >= 11 is 0. The molecule has 4 nitrogen and oxygen atoms in total. The monoisotopic (exact) mass is 221 g/mol. The first-order valence-corrected chi connectivity index (χ1v) is 5.88. The Balaban J connectivity index is 2.20. The van der Waals surface area contributed by atoms with Gasteiger partial charge in [-0.15, -0.1) is 0 Å². The molecular weight excluding hydrogens is 202 g/mol. The Morgan fingerprint density at radius 3 is 3.06 bits per heavy atom. The number of pyridine rings is 1. The molecule has 0 bridgehead atoms. The van der Waals surface area contributed by atoms with E-state index >= 15 is 0 Å². The van der Waals surface area contributed by atoms with Crippen molar-refractivity contribution in [2.24, 2.45) is 5.73 Å². The van der Waals surface area contributed by atoms with Gasteiger partial charge < -0.3 is 15.7 Å². The van der Waals surface area contributed by atoms with Gasteiger partial charge in [0.2, 0.25) is 0 Å². The Bertz CT molecular complexity index is 343. The molecule has 0 aromatic carbocycles. The molecule has 0 amide bonds. The largest absolute Gasteiger partial charge is 0.394 e. The number of rotatable bonds is 3. The minimum atomic E-state index is 0.203. The van der Waals surface area contributed by atoms with Crippen LogP contribution >= 0.6 is 0 Å². The number of aromatic nitrogens is 1. The zero-order valence-corrected chi connectivity index (χ0v) is 9.47. The summed E-state index contributed by atoms with van der Waals surface area (Å²) in [5, 5.41) is 9.36. The van der Waals surface area contributed by atoms with E-state index in [0.717, 1.165) is 24.5 Å². The maximum absolute atomic E-state index is 9.36. The van der Waals surface area contributed by atoms with E-state index in [-0.39, 0.29) is 12.6 Å². The molecule has 1 fully saturated rings. The minimum absolute atomic E-state index is 0.203. The third kappa shape index (κ3) is 2.33. The van der Waals surface area contributed by atoms with E-state index in [1.807, 2.05) is 18.2 Å². The van der Waals surface area contributed by atoms with Crippen LogP contribution in [0.3, 0.4) is 0 Å². The second-order valence-corrected chi connectivity index (χ2v) is 4.22. The van der Waals surface area contributed by atoms with Crippen molar-refractivity contribution >= 4 is 5.82 Å². The molecule has 2 rings (SSSR count). The number of aliphatic hydroxyl groups is 1. The molecule has 4 heteroatoms.